The lowest BCUT2D eigenvalue weighted by atomic mass is 10.0. The highest BCUT2D eigenvalue weighted by atomic mass is 16.6. The number of aromatic nitrogens is 4. The van der Waals surface area contributed by atoms with Gasteiger partial charge in [0.15, 0.2) is 0 Å². The van der Waals surface area contributed by atoms with E-state index in [2.05, 4.69) is 109 Å². The van der Waals surface area contributed by atoms with E-state index < -0.39 is 18.2 Å². The first-order valence-electron chi connectivity index (χ1n) is 21.6. The number of imidazole rings is 2. The molecule has 3 aromatic carbocycles. The van der Waals surface area contributed by atoms with E-state index in [0.29, 0.717) is 18.9 Å². The number of nitrogens with zero attached hydrogens (tertiary/aromatic N) is 4. The monoisotopic (exact) mass is 862 g/mol. The summed E-state index contributed by atoms with van der Waals surface area (Å²) < 4.78 is 13.8. The number of carbonyl (C=O) groups is 4. The third kappa shape index (κ3) is 13.6. The van der Waals surface area contributed by atoms with Gasteiger partial charge in [-0.1, -0.05) is 99.1 Å². The van der Waals surface area contributed by atoms with E-state index in [0.717, 1.165) is 89.5 Å². The number of ether oxygens (including phenoxy) is 3. The fourth-order valence-corrected chi connectivity index (χ4v) is 7.35. The number of H-pyrrole nitrogens is 2. The molecule has 2 aliphatic heterocycles. The number of amides is 3. The van der Waals surface area contributed by atoms with Gasteiger partial charge in [0.1, 0.15) is 30.1 Å². The molecule has 0 bridgehead atoms. The molecule has 3 fully saturated rings. The van der Waals surface area contributed by atoms with Gasteiger partial charge in [0.25, 0.3) is 5.91 Å². The maximum Gasteiger partial charge on any atom is 0.408 e. The van der Waals surface area contributed by atoms with E-state index in [-0.39, 0.29) is 24.6 Å². The SMILES string of the molecule is CCC.CN1CCCC1c1ncc(-c2ccc(-c3ccc(-c4cnc(C5CCCN5C(=O)C(NC(=O)OC5CC5)c5ccccc5)[nH]4)cc3)cc2)[nH]1.COC.COC(=O)NCC=O. The van der Waals surface area contributed by atoms with Gasteiger partial charge in [0.05, 0.1) is 49.5 Å². The van der Waals surface area contributed by atoms with Crippen molar-refractivity contribution in [2.75, 3.05) is 48.0 Å². The molecule has 3 atom stereocenters. The number of likely N-dealkylation sites (tertiary alicyclic amines) is 2. The van der Waals surface area contributed by atoms with Crippen molar-refractivity contribution >= 4 is 24.4 Å². The Bertz CT molecular complexity index is 2170. The molecule has 1 saturated carbocycles. The second-order valence-corrected chi connectivity index (χ2v) is 15.6. The molecule has 3 amide bonds. The number of aromatic amines is 2. The number of alkyl carbamates (subject to hydrolysis) is 2. The predicted molar refractivity (Wildman–Crippen MR) is 243 cm³/mol. The average molecular weight is 863 g/mol. The Labute approximate surface area is 370 Å². The summed E-state index contributed by atoms with van der Waals surface area (Å²) in [6.07, 6.45) is 10.1. The van der Waals surface area contributed by atoms with Crippen LogP contribution >= 0.6 is 0 Å². The molecule has 4 heterocycles. The first-order valence-corrected chi connectivity index (χ1v) is 21.6. The molecule has 0 radical (unpaired) electrons. The van der Waals surface area contributed by atoms with Gasteiger partial charge < -0.3 is 44.5 Å². The van der Waals surface area contributed by atoms with Crippen LogP contribution in [0, 0.1) is 0 Å². The van der Waals surface area contributed by atoms with E-state index in [4.69, 9.17) is 9.72 Å². The highest BCUT2D eigenvalue weighted by Crippen LogP contribution is 2.35. The zero-order valence-corrected chi connectivity index (χ0v) is 37.3. The van der Waals surface area contributed by atoms with Crippen LogP contribution in [0.1, 0.15) is 94.1 Å². The van der Waals surface area contributed by atoms with E-state index in [1.165, 1.54) is 20.0 Å². The van der Waals surface area contributed by atoms with Crippen molar-refractivity contribution < 1.29 is 33.4 Å². The van der Waals surface area contributed by atoms with E-state index >= 15 is 0 Å². The molecule has 63 heavy (non-hydrogen) atoms. The molecule has 0 spiro atoms. The van der Waals surface area contributed by atoms with Crippen LogP contribution in [-0.2, 0) is 23.8 Å². The minimum atomic E-state index is -0.833. The second-order valence-electron chi connectivity index (χ2n) is 15.6. The second kappa shape index (κ2) is 24.4. The van der Waals surface area contributed by atoms with Crippen LogP contribution in [0.5, 0.6) is 0 Å². The molecular formula is C48H62N8O7. The maximum absolute atomic E-state index is 14.0. The number of benzene rings is 3. The lowest BCUT2D eigenvalue weighted by Gasteiger charge is -2.28. The highest BCUT2D eigenvalue weighted by molar-refractivity contribution is 5.87. The largest absolute Gasteiger partial charge is 0.453 e. The summed E-state index contributed by atoms with van der Waals surface area (Å²) in [5.41, 5.74) is 7.06. The minimum Gasteiger partial charge on any atom is -0.453 e. The molecule has 15 heteroatoms. The molecule has 1 aliphatic carbocycles. The van der Waals surface area contributed by atoms with Crippen molar-refractivity contribution in [2.45, 2.75) is 83.0 Å². The molecule has 5 aromatic rings. The Kier molecular flexibility index (Phi) is 18.4. The number of rotatable bonds is 11. The number of hydrogen-bond donors (Lipinski definition) is 4. The van der Waals surface area contributed by atoms with Gasteiger partial charge in [0, 0.05) is 20.8 Å². The third-order valence-electron chi connectivity index (χ3n) is 10.6. The van der Waals surface area contributed by atoms with Crippen LogP contribution in [0.25, 0.3) is 33.6 Å². The van der Waals surface area contributed by atoms with Crippen molar-refractivity contribution in [3.63, 3.8) is 0 Å². The van der Waals surface area contributed by atoms with Crippen molar-refractivity contribution in [1.82, 2.24) is 40.4 Å². The number of aldehydes is 1. The van der Waals surface area contributed by atoms with Crippen molar-refractivity contribution in [3.8, 4) is 33.6 Å². The van der Waals surface area contributed by atoms with Crippen LogP contribution < -0.4 is 10.6 Å². The summed E-state index contributed by atoms with van der Waals surface area (Å²) in [7, 11) is 6.65. The maximum atomic E-state index is 14.0. The van der Waals surface area contributed by atoms with Crippen LogP contribution in [0.2, 0.25) is 0 Å². The Balaban J connectivity index is 0.000000468. The lowest BCUT2D eigenvalue weighted by molar-refractivity contribution is -0.134. The Morgan fingerprint density at radius 3 is 1.75 bits per heavy atom. The summed E-state index contributed by atoms with van der Waals surface area (Å²) in [6.45, 7) is 5.96. The Hall–Kier alpha value is -6.32. The van der Waals surface area contributed by atoms with Gasteiger partial charge in [-0.15, -0.1) is 0 Å². The fourth-order valence-electron chi connectivity index (χ4n) is 7.35. The predicted octanol–water partition coefficient (Wildman–Crippen LogP) is 8.41. The number of nitrogens with one attached hydrogen (secondary N) is 4. The summed E-state index contributed by atoms with van der Waals surface area (Å²) >= 11 is 0. The lowest BCUT2D eigenvalue weighted by Crippen LogP contribution is -2.43. The topological polar surface area (TPSA) is 184 Å². The molecule has 3 unspecified atom stereocenters. The summed E-state index contributed by atoms with van der Waals surface area (Å²) in [5.74, 6) is 1.63. The summed E-state index contributed by atoms with van der Waals surface area (Å²) in [6, 6.07) is 25.7. The van der Waals surface area contributed by atoms with Gasteiger partial charge in [-0.3, -0.25) is 9.69 Å². The van der Waals surface area contributed by atoms with E-state index in [1.54, 1.807) is 14.2 Å². The first-order chi connectivity index (χ1) is 30.6. The first kappa shape index (κ1) is 47.7. The molecular weight excluding hydrogens is 801 g/mol. The quantitative estimate of drug-likeness (QED) is 0.0941. The summed E-state index contributed by atoms with van der Waals surface area (Å²) in [5, 5.41) is 4.99. The van der Waals surface area contributed by atoms with Gasteiger partial charge in [-0.25, -0.2) is 19.6 Å². The molecule has 4 N–H and O–H groups in total. The highest BCUT2D eigenvalue weighted by Gasteiger charge is 2.38. The number of hydrogen-bond acceptors (Lipinski definition) is 10. The number of carbonyl (C=O) groups excluding carboxylic acids is 4. The molecule has 3 aliphatic rings. The molecule has 8 rings (SSSR count). The van der Waals surface area contributed by atoms with E-state index in [9.17, 15) is 19.2 Å². The minimum absolute atomic E-state index is 0.00662. The zero-order valence-electron chi connectivity index (χ0n) is 37.3. The Morgan fingerprint density at radius 2 is 1.25 bits per heavy atom. The number of methoxy groups -OCH3 is 2. The van der Waals surface area contributed by atoms with Crippen molar-refractivity contribution in [3.05, 3.63) is 108 Å². The normalized spacial score (nSPS) is 17.1. The van der Waals surface area contributed by atoms with E-state index in [1.807, 2.05) is 47.6 Å². The van der Waals surface area contributed by atoms with Crippen LogP contribution in [0.15, 0.2) is 91.3 Å². The summed E-state index contributed by atoms with van der Waals surface area (Å²) in [4.78, 5) is 66.9. The third-order valence-corrected chi connectivity index (χ3v) is 10.6. The van der Waals surface area contributed by atoms with Crippen LogP contribution in [-0.4, -0.2) is 108 Å². The molecule has 336 valence electrons. The molecule has 2 aromatic heterocycles. The molecule has 15 nitrogen and oxygen atoms in total. The zero-order chi connectivity index (χ0) is 45.1. The Morgan fingerprint density at radius 1 is 0.746 bits per heavy atom. The fraction of sp³-hybridized carbons (Fsp3) is 0.417. The standard InChI is InChI=1S/C39H41N7O3.C4H7NO3.C3H8.C2H6O/c1-45-21-5-9-33(45)36-40-23-31(42-36)27-15-11-25(12-16-27)26-13-17-28(18-14-26)32-24-41-37(43-32)34-10-6-22-46(34)38(47)35(29-7-3-2-4-8-29)44-39(48)49-30-19-20-30;1-8-4(7)5-2-3-6;2*1-3-2/h2-4,7-8,11-18,23-24,30,33-35H,5-6,9-10,19-22H2,1H3,(H,40,42)(H,41,43)(H,44,48);3H,2H2,1H3,(H,5,7);3H2,1-2H3;1-2H3. The van der Waals surface area contributed by atoms with Gasteiger partial charge >= 0.3 is 12.2 Å². The van der Waals surface area contributed by atoms with Gasteiger partial charge in [-0.2, -0.15) is 0 Å². The van der Waals surface area contributed by atoms with Gasteiger partial charge in [0.2, 0.25) is 0 Å². The molecule has 2 saturated heterocycles. The smallest absolute Gasteiger partial charge is 0.408 e. The van der Waals surface area contributed by atoms with Crippen molar-refractivity contribution in [2.24, 2.45) is 0 Å². The van der Waals surface area contributed by atoms with Crippen LogP contribution in [0.3, 0.4) is 0 Å². The van der Waals surface area contributed by atoms with Crippen LogP contribution in [0.4, 0.5) is 9.59 Å². The average Bonchev–Trinajstić information content (AvgIpc) is 3.78. The van der Waals surface area contributed by atoms with Gasteiger partial charge in [-0.05, 0) is 79.9 Å². The van der Waals surface area contributed by atoms with Crippen molar-refractivity contribution in [1.29, 1.82) is 0 Å².